The van der Waals surface area contributed by atoms with E-state index < -0.39 is 22.5 Å². The van der Waals surface area contributed by atoms with Crippen LogP contribution in [-0.2, 0) is 14.8 Å². The van der Waals surface area contributed by atoms with Crippen molar-refractivity contribution in [1.29, 1.82) is 0 Å². The molecule has 0 spiro atoms. The zero-order chi connectivity index (χ0) is 21.6. The number of ether oxygens (including phenoxy) is 3. The number of nitrogens with zero attached hydrogens (tertiary/aromatic N) is 1. The molecule has 2 aromatic carbocycles. The SMILES string of the molecule is COc1ccc([C@H](C)NC(=O)CN(c2cc(OC)ccc2OC)S(C)(=O)=O)cc1. The molecule has 1 atom stereocenters. The highest BCUT2D eigenvalue weighted by Gasteiger charge is 2.25. The van der Waals surface area contributed by atoms with Gasteiger partial charge in [-0.15, -0.1) is 0 Å². The number of carbonyl (C=O) groups excluding carboxylic acids is 1. The van der Waals surface area contributed by atoms with Gasteiger partial charge in [-0.05, 0) is 36.8 Å². The Balaban J connectivity index is 2.23. The van der Waals surface area contributed by atoms with E-state index in [1.54, 1.807) is 31.4 Å². The van der Waals surface area contributed by atoms with Crippen LogP contribution in [0.1, 0.15) is 18.5 Å². The Morgan fingerprint density at radius 1 is 1.00 bits per heavy atom. The molecule has 0 aliphatic rings. The highest BCUT2D eigenvalue weighted by Crippen LogP contribution is 2.33. The molecule has 1 N–H and O–H groups in total. The lowest BCUT2D eigenvalue weighted by molar-refractivity contribution is -0.120. The van der Waals surface area contributed by atoms with Crippen LogP contribution in [0.2, 0.25) is 0 Å². The molecule has 0 saturated carbocycles. The maximum atomic E-state index is 12.6. The van der Waals surface area contributed by atoms with Gasteiger partial charge in [-0.25, -0.2) is 8.42 Å². The zero-order valence-electron chi connectivity index (χ0n) is 17.1. The minimum absolute atomic E-state index is 0.224. The van der Waals surface area contributed by atoms with E-state index >= 15 is 0 Å². The average Bonchev–Trinajstić information content (AvgIpc) is 2.70. The van der Waals surface area contributed by atoms with Crippen LogP contribution in [0.5, 0.6) is 17.2 Å². The van der Waals surface area contributed by atoms with Gasteiger partial charge in [0.1, 0.15) is 23.8 Å². The summed E-state index contributed by atoms with van der Waals surface area (Å²) in [6, 6.07) is 11.7. The molecule has 158 valence electrons. The van der Waals surface area contributed by atoms with Crippen molar-refractivity contribution < 1.29 is 27.4 Å². The number of benzene rings is 2. The van der Waals surface area contributed by atoms with E-state index in [9.17, 15) is 13.2 Å². The smallest absolute Gasteiger partial charge is 0.241 e. The molecule has 2 aromatic rings. The molecule has 8 nitrogen and oxygen atoms in total. The highest BCUT2D eigenvalue weighted by atomic mass is 32.2. The Bertz CT molecular complexity index is 944. The van der Waals surface area contributed by atoms with Crippen molar-refractivity contribution in [2.24, 2.45) is 0 Å². The van der Waals surface area contributed by atoms with E-state index in [0.717, 1.165) is 16.1 Å². The van der Waals surface area contributed by atoms with Crippen LogP contribution in [-0.4, -0.2) is 48.5 Å². The third-order valence-electron chi connectivity index (χ3n) is 4.34. The summed E-state index contributed by atoms with van der Waals surface area (Å²) in [6.07, 6.45) is 1.03. The zero-order valence-corrected chi connectivity index (χ0v) is 17.9. The van der Waals surface area contributed by atoms with E-state index in [-0.39, 0.29) is 11.7 Å². The maximum Gasteiger partial charge on any atom is 0.241 e. The minimum atomic E-state index is -3.76. The van der Waals surface area contributed by atoms with Crippen LogP contribution in [0.15, 0.2) is 42.5 Å². The molecular weight excluding hydrogens is 396 g/mol. The number of carbonyl (C=O) groups is 1. The number of amides is 1. The second-order valence-corrected chi connectivity index (χ2v) is 8.28. The number of anilines is 1. The highest BCUT2D eigenvalue weighted by molar-refractivity contribution is 7.92. The second kappa shape index (κ2) is 9.51. The van der Waals surface area contributed by atoms with Crippen LogP contribution in [0, 0.1) is 0 Å². The van der Waals surface area contributed by atoms with E-state index in [1.807, 2.05) is 19.1 Å². The van der Waals surface area contributed by atoms with Crippen LogP contribution < -0.4 is 23.8 Å². The second-order valence-electron chi connectivity index (χ2n) is 6.37. The van der Waals surface area contributed by atoms with Gasteiger partial charge < -0.3 is 19.5 Å². The third kappa shape index (κ3) is 5.77. The molecule has 0 unspecified atom stereocenters. The molecule has 0 fully saturated rings. The number of nitrogens with one attached hydrogen (secondary N) is 1. The molecule has 0 heterocycles. The number of methoxy groups -OCH3 is 3. The van der Waals surface area contributed by atoms with Crippen molar-refractivity contribution in [3.05, 3.63) is 48.0 Å². The monoisotopic (exact) mass is 422 g/mol. The predicted octanol–water partition coefficient (Wildman–Crippen LogP) is 2.36. The van der Waals surface area contributed by atoms with Gasteiger partial charge in [0, 0.05) is 6.07 Å². The topological polar surface area (TPSA) is 94.2 Å². The molecule has 0 aromatic heterocycles. The lowest BCUT2D eigenvalue weighted by Gasteiger charge is -2.25. The summed E-state index contributed by atoms with van der Waals surface area (Å²) >= 11 is 0. The van der Waals surface area contributed by atoms with Gasteiger partial charge in [0.25, 0.3) is 0 Å². The first-order valence-electron chi connectivity index (χ1n) is 8.82. The maximum absolute atomic E-state index is 12.6. The average molecular weight is 423 g/mol. The van der Waals surface area contributed by atoms with Crippen LogP contribution in [0.4, 0.5) is 5.69 Å². The molecule has 1 amide bonds. The van der Waals surface area contributed by atoms with Crippen molar-refractivity contribution in [2.45, 2.75) is 13.0 Å². The van der Waals surface area contributed by atoms with E-state index in [0.29, 0.717) is 17.2 Å². The van der Waals surface area contributed by atoms with Crippen molar-refractivity contribution in [1.82, 2.24) is 5.32 Å². The first-order valence-corrected chi connectivity index (χ1v) is 10.7. The molecule has 0 radical (unpaired) electrons. The third-order valence-corrected chi connectivity index (χ3v) is 5.46. The van der Waals surface area contributed by atoms with Crippen LogP contribution in [0.3, 0.4) is 0 Å². The molecule has 9 heteroatoms. The van der Waals surface area contributed by atoms with Gasteiger partial charge in [0.05, 0.1) is 39.3 Å². The molecule has 0 saturated heterocycles. The normalized spacial score (nSPS) is 12.0. The summed E-state index contributed by atoms with van der Waals surface area (Å²) in [7, 11) is 0.717. The number of hydrogen-bond acceptors (Lipinski definition) is 6. The molecule has 0 aliphatic heterocycles. The van der Waals surface area contributed by atoms with Gasteiger partial charge in [0.15, 0.2) is 0 Å². The van der Waals surface area contributed by atoms with Crippen LogP contribution in [0.25, 0.3) is 0 Å². The predicted molar refractivity (Wildman–Crippen MR) is 111 cm³/mol. The summed E-state index contributed by atoms with van der Waals surface area (Å²) in [5, 5.41) is 2.81. The summed E-state index contributed by atoms with van der Waals surface area (Å²) in [4.78, 5) is 12.6. The number of sulfonamides is 1. The Kier molecular flexibility index (Phi) is 7.33. The molecular formula is C20H26N2O6S. The standard InChI is InChI=1S/C20H26N2O6S/c1-14(15-6-8-16(26-2)9-7-15)21-20(23)13-22(29(5,24)25)18-12-17(27-3)10-11-19(18)28-4/h6-12,14H,13H2,1-5H3,(H,21,23)/t14-/m0/s1. The summed E-state index contributed by atoms with van der Waals surface area (Å²) < 4.78 is 41.4. The van der Waals surface area contributed by atoms with E-state index in [1.165, 1.54) is 20.3 Å². The Labute approximate surface area is 171 Å². The Hall–Kier alpha value is -2.94. The lowest BCUT2D eigenvalue weighted by Crippen LogP contribution is -2.41. The minimum Gasteiger partial charge on any atom is -0.497 e. The van der Waals surface area contributed by atoms with Crippen LogP contribution >= 0.6 is 0 Å². The fourth-order valence-electron chi connectivity index (χ4n) is 2.77. The summed E-state index contributed by atoms with van der Waals surface area (Å²) in [5.41, 5.74) is 1.09. The quantitative estimate of drug-likeness (QED) is 0.667. The molecule has 0 bridgehead atoms. The molecule has 0 aliphatic carbocycles. The van der Waals surface area contributed by atoms with E-state index in [2.05, 4.69) is 5.32 Å². The Morgan fingerprint density at radius 3 is 2.10 bits per heavy atom. The van der Waals surface area contributed by atoms with Crippen molar-refractivity contribution >= 4 is 21.6 Å². The van der Waals surface area contributed by atoms with Crippen molar-refractivity contribution in [3.63, 3.8) is 0 Å². The molecule has 29 heavy (non-hydrogen) atoms. The van der Waals surface area contributed by atoms with Gasteiger partial charge in [-0.3, -0.25) is 9.10 Å². The summed E-state index contributed by atoms with van der Waals surface area (Å²) in [5.74, 6) is 1.01. The first-order chi connectivity index (χ1) is 13.7. The number of rotatable bonds is 9. The fourth-order valence-corrected chi connectivity index (χ4v) is 3.62. The fraction of sp³-hybridized carbons (Fsp3) is 0.350. The lowest BCUT2D eigenvalue weighted by atomic mass is 10.1. The summed E-state index contributed by atoms with van der Waals surface area (Å²) in [6.45, 7) is 1.42. The van der Waals surface area contributed by atoms with E-state index in [4.69, 9.17) is 14.2 Å². The number of hydrogen-bond donors (Lipinski definition) is 1. The van der Waals surface area contributed by atoms with Crippen molar-refractivity contribution in [3.8, 4) is 17.2 Å². The van der Waals surface area contributed by atoms with Crippen molar-refractivity contribution in [2.75, 3.05) is 38.4 Å². The largest absolute Gasteiger partial charge is 0.497 e. The van der Waals surface area contributed by atoms with Gasteiger partial charge in [-0.2, -0.15) is 0 Å². The first kappa shape index (κ1) is 22.4. The van der Waals surface area contributed by atoms with Gasteiger partial charge >= 0.3 is 0 Å². The Morgan fingerprint density at radius 2 is 1.59 bits per heavy atom. The molecule has 2 rings (SSSR count). The van der Waals surface area contributed by atoms with Gasteiger partial charge in [0.2, 0.25) is 15.9 Å². The van der Waals surface area contributed by atoms with Gasteiger partial charge in [-0.1, -0.05) is 12.1 Å².